The number of hydrogen-bond acceptors (Lipinski definition) is 2. The van der Waals surface area contributed by atoms with Crippen molar-refractivity contribution in [3.63, 3.8) is 0 Å². The molecule has 258 valence electrons. The predicted octanol–water partition coefficient (Wildman–Crippen LogP) is 13.8. The largest absolute Gasteiger partial charge is 0.358 e. The molecule has 0 aliphatic heterocycles. The third-order valence-corrected chi connectivity index (χ3v) is 10.7. The standard InChI is InChI=1S/C50H43N3/c1-35-13-23-43(24-14-35)52(41-9-5-3-6-10-41)45-27-17-37(18-28-45)39-21-31-49-47(33-39)48-34-40(22-32-50(48)51-49)38-19-29-46(30-20-38)53(42-11-7-4-8-12-42)44-25-15-36(2)16-26-44/h3,5-7,9-20,22-30,32-34,51H,4,8,21,31H2,1-2H3. The Morgan fingerprint density at radius 2 is 1.08 bits per heavy atom. The fourth-order valence-electron chi connectivity index (χ4n) is 7.80. The molecule has 0 radical (unpaired) electrons. The minimum atomic E-state index is 1.00. The lowest BCUT2D eigenvalue weighted by molar-refractivity contribution is 0.964. The minimum absolute atomic E-state index is 1.00. The Balaban J connectivity index is 1.01. The van der Waals surface area contributed by atoms with Crippen molar-refractivity contribution in [3.05, 3.63) is 197 Å². The van der Waals surface area contributed by atoms with Gasteiger partial charge in [-0.05, 0) is 147 Å². The molecule has 1 heterocycles. The molecule has 3 heteroatoms. The highest BCUT2D eigenvalue weighted by Gasteiger charge is 2.19. The van der Waals surface area contributed by atoms with Crippen LogP contribution in [0, 0.1) is 13.8 Å². The van der Waals surface area contributed by atoms with Gasteiger partial charge in [0.25, 0.3) is 0 Å². The van der Waals surface area contributed by atoms with E-state index in [2.05, 4.69) is 199 Å². The first-order valence-corrected chi connectivity index (χ1v) is 18.8. The first-order valence-electron chi connectivity index (χ1n) is 18.8. The fraction of sp³-hybridized carbons (Fsp3) is 0.120. The van der Waals surface area contributed by atoms with Crippen molar-refractivity contribution in [2.45, 2.75) is 39.5 Å². The van der Waals surface area contributed by atoms with Gasteiger partial charge in [0.15, 0.2) is 0 Å². The second kappa shape index (κ2) is 14.0. The van der Waals surface area contributed by atoms with E-state index >= 15 is 0 Å². The van der Waals surface area contributed by atoms with Crippen LogP contribution in [0.25, 0.3) is 33.7 Å². The number of nitrogens with one attached hydrogen (secondary N) is 1. The van der Waals surface area contributed by atoms with Gasteiger partial charge in [-0.2, -0.15) is 0 Å². The van der Waals surface area contributed by atoms with Crippen molar-refractivity contribution in [2.75, 3.05) is 9.80 Å². The summed E-state index contributed by atoms with van der Waals surface area (Å²) >= 11 is 0. The van der Waals surface area contributed by atoms with Crippen LogP contribution in [0.3, 0.4) is 0 Å². The summed E-state index contributed by atoms with van der Waals surface area (Å²) in [6.07, 6.45) is 13.5. The highest BCUT2D eigenvalue weighted by Crippen LogP contribution is 2.40. The molecule has 0 saturated heterocycles. The van der Waals surface area contributed by atoms with Crippen molar-refractivity contribution in [1.29, 1.82) is 0 Å². The highest BCUT2D eigenvalue weighted by atomic mass is 15.1. The van der Waals surface area contributed by atoms with Gasteiger partial charge in [-0.25, -0.2) is 0 Å². The maximum Gasteiger partial charge on any atom is 0.0462 e. The number of para-hydroxylation sites is 1. The number of hydrogen-bond donors (Lipinski definition) is 1. The van der Waals surface area contributed by atoms with Gasteiger partial charge >= 0.3 is 0 Å². The summed E-state index contributed by atoms with van der Waals surface area (Å²) in [6, 6.07) is 53.2. The molecule has 0 spiro atoms. The Kier molecular flexibility index (Phi) is 8.61. The zero-order chi connectivity index (χ0) is 35.7. The number of allylic oxidation sites excluding steroid dienone is 4. The van der Waals surface area contributed by atoms with Crippen LogP contribution in [0.4, 0.5) is 28.4 Å². The lowest BCUT2D eigenvalue weighted by atomic mass is 9.90. The average Bonchev–Trinajstić information content (AvgIpc) is 3.58. The summed E-state index contributed by atoms with van der Waals surface area (Å²) in [5.74, 6) is 0. The summed E-state index contributed by atoms with van der Waals surface area (Å²) in [7, 11) is 0. The summed E-state index contributed by atoms with van der Waals surface area (Å²) < 4.78 is 0. The molecule has 1 N–H and O–H groups in total. The van der Waals surface area contributed by atoms with E-state index in [1.165, 1.54) is 72.6 Å². The van der Waals surface area contributed by atoms with Crippen LogP contribution < -0.4 is 9.80 Å². The molecule has 2 aliphatic carbocycles. The molecule has 0 amide bonds. The van der Waals surface area contributed by atoms with Crippen LogP contribution in [-0.4, -0.2) is 4.98 Å². The van der Waals surface area contributed by atoms with Crippen LogP contribution in [-0.2, 0) is 6.42 Å². The maximum absolute atomic E-state index is 3.74. The summed E-state index contributed by atoms with van der Waals surface area (Å²) in [5, 5.41) is 1.28. The van der Waals surface area contributed by atoms with E-state index in [0.29, 0.717) is 0 Å². The lowest BCUT2D eigenvalue weighted by Crippen LogP contribution is -2.16. The number of aryl methyl sites for hydroxylation is 3. The van der Waals surface area contributed by atoms with Crippen LogP contribution in [0.15, 0.2) is 170 Å². The van der Waals surface area contributed by atoms with E-state index in [4.69, 9.17) is 0 Å². The van der Waals surface area contributed by atoms with Crippen LogP contribution in [0.1, 0.15) is 47.2 Å². The molecule has 3 nitrogen and oxygen atoms in total. The van der Waals surface area contributed by atoms with Crippen molar-refractivity contribution in [3.8, 4) is 11.1 Å². The maximum atomic E-state index is 3.74. The van der Waals surface area contributed by atoms with Crippen LogP contribution >= 0.6 is 0 Å². The molecule has 53 heavy (non-hydrogen) atoms. The molecule has 1 aromatic heterocycles. The highest BCUT2D eigenvalue weighted by molar-refractivity contribution is 5.99. The summed E-state index contributed by atoms with van der Waals surface area (Å²) in [6.45, 7) is 4.28. The van der Waals surface area contributed by atoms with Gasteiger partial charge in [0.05, 0.1) is 0 Å². The van der Waals surface area contributed by atoms with Gasteiger partial charge in [0.2, 0.25) is 0 Å². The summed E-state index contributed by atoms with van der Waals surface area (Å²) in [4.78, 5) is 8.44. The molecule has 2 aliphatic rings. The van der Waals surface area contributed by atoms with Crippen molar-refractivity contribution >= 4 is 51.0 Å². The Labute approximate surface area is 312 Å². The molecular weight excluding hydrogens is 643 g/mol. The number of fused-ring (bicyclic) bond motifs is 3. The van der Waals surface area contributed by atoms with Gasteiger partial charge in [0.1, 0.15) is 0 Å². The number of aromatic nitrogens is 1. The van der Waals surface area contributed by atoms with Crippen molar-refractivity contribution in [1.82, 2.24) is 4.98 Å². The smallest absolute Gasteiger partial charge is 0.0462 e. The van der Waals surface area contributed by atoms with Crippen molar-refractivity contribution in [2.24, 2.45) is 0 Å². The Morgan fingerprint density at radius 3 is 1.70 bits per heavy atom. The van der Waals surface area contributed by atoms with E-state index < -0.39 is 0 Å². The summed E-state index contributed by atoms with van der Waals surface area (Å²) in [5.41, 5.74) is 18.5. The number of anilines is 5. The van der Waals surface area contributed by atoms with Gasteiger partial charge in [-0.3, -0.25) is 0 Å². The molecule has 0 atom stereocenters. The lowest BCUT2D eigenvalue weighted by Gasteiger charge is -2.28. The Morgan fingerprint density at radius 1 is 0.509 bits per heavy atom. The van der Waals surface area contributed by atoms with Crippen molar-refractivity contribution < 1.29 is 0 Å². The molecule has 0 bridgehead atoms. The van der Waals surface area contributed by atoms with Gasteiger partial charge in [-0.15, -0.1) is 0 Å². The van der Waals surface area contributed by atoms with E-state index in [1.807, 2.05) is 0 Å². The minimum Gasteiger partial charge on any atom is -0.358 e. The number of H-pyrrole nitrogens is 1. The third-order valence-electron chi connectivity index (χ3n) is 10.7. The van der Waals surface area contributed by atoms with E-state index in [0.717, 1.165) is 42.7 Å². The Hall–Kier alpha value is -6.32. The Bertz CT molecular complexity index is 2480. The SMILES string of the molecule is Cc1ccc(N(C2=CCCC=C2)c2ccc(-c3ccc4[nH]c5c(c4c3)C=C(c3ccc(N(c4ccccc4)c4ccc(C)cc4)cc3)CC5)cc2)cc1. The number of nitrogens with zero attached hydrogens (tertiary/aromatic N) is 2. The van der Waals surface area contributed by atoms with E-state index in [1.54, 1.807) is 0 Å². The molecule has 0 unspecified atom stereocenters. The zero-order valence-corrected chi connectivity index (χ0v) is 30.4. The fourth-order valence-corrected chi connectivity index (χ4v) is 7.80. The molecule has 6 aromatic carbocycles. The number of aromatic amines is 1. The molecule has 9 rings (SSSR count). The zero-order valence-electron chi connectivity index (χ0n) is 30.4. The van der Waals surface area contributed by atoms with E-state index in [-0.39, 0.29) is 0 Å². The monoisotopic (exact) mass is 685 g/mol. The third kappa shape index (κ3) is 6.51. The molecule has 0 fully saturated rings. The van der Waals surface area contributed by atoms with Gasteiger partial charge in [-0.1, -0.05) is 96.1 Å². The predicted molar refractivity (Wildman–Crippen MR) is 226 cm³/mol. The topological polar surface area (TPSA) is 22.3 Å². The van der Waals surface area contributed by atoms with Gasteiger partial charge < -0.3 is 14.8 Å². The average molecular weight is 686 g/mol. The second-order valence-corrected chi connectivity index (χ2v) is 14.3. The first kappa shape index (κ1) is 32.6. The first-order chi connectivity index (χ1) is 26.1. The van der Waals surface area contributed by atoms with Crippen LogP contribution in [0.5, 0.6) is 0 Å². The van der Waals surface area contributed by atoms with Gasteiger partial charge in [0, 0.05) is 56.3 Å². The molecule has 7 aromatic rings. The van der Waals surface area contributed by atoms with E-state index in [9.17, 15) is 0 Å². The number of benzene rings is 6. The van der Waals surface area contributed by atoms with Crippen LogP contribution in [0.2, 0.25) is 0 Å². The normalized spacial score (nSPS) is 13.7. The number of rotatable bonds is 8. The quantitative estimate of drug-likeness (QED) is 0.172. The molecular formula is C50H43N3. The molecule has 0 saturated carbocycles. The second-order valence-electron chi connectivity index (χ2n) is 14.3.